The second-order valence-electron chi connectivity index (χ2n) is 9.29. The minimum absolute atomic E-state index is 0.0229. The van der Waals surface area contributed by atoms with Crippen LogP contribution in [-0.2, 0) is 36.8 Å². The lowest BCUT2D eigenvalue weighted by molar-refractivity contribution is -0.142. The van der Waals surface area contributed by atoms with Crippen LogP contribution in [0.1, 0.15) is 30.4 Å². The molecule has 0 radical (unpaired) electrons. The first kappa shape index (κ1) is 32.3. The molecule has 216 valence electrons. The van der Waals surface area contributed by atoms with Gasteiger partial charge in [0, 0.05) is 19.3 Å². The lowest BCUT2D eigenvalue weighted by Gasteiger charge is -2.25. The molecule has 0 aromatic heterocycles. The van der Waals surface area contributed by atoms with Gasteiger partial charge in [-0.25, -0.2) is 4.79 Å². The minimum atomic E-state index is -1.22. The second kappa shape index (κ2) is 16.9. The number of carboxylic acids is 1. The van der Waals surface area contributed by atoms with Crippen LogP contribution in [0.4, 0.5) is 0 Å². The van der Waals surface area contributed by atoms with E-state index in [4.69, 9.17) is 11.5 Å². The van der Waals surface area contributed by atoms with Gasteiger partial charge in [-0.05, 0) is 36.0 Å². The Labute approximate surface area is 237 Å². The molecule has 11 nitrogen and oxygen atoms in total. The number of nitrogens with two attached hydrogens (primary N) is 2. The number of carbonyl (C=O) groups excluding carboxylic acids is 4. The lowest BCUT2D eigenvalue weighted by Crippen LogP contribution is -2.58. The molecule has 0 saturated carbocycles. The fourth-order valence-corrected chi connectivity index (χ4v) is 4.34. The summed E-state index contributed by atoms with van der Waals surface area (Å²) in [5.74, 6) is -3.19. The van der Waals surface area contributed by atoms with Crippen LogP contribution in [0.5, 0.6) is 0 Å². The number of aliphatic carboxylic acids is 1. The van der Waals surface area contributed by atoms with Gasteiger partial charge < -0.3 is 32.5 Å². The Morgan fingerprint density at radius 3 is 1.73 bits per heavy atom. The van der Waals surface area contributed by atoms with Gasteiger partial charge >= 0.3 is 5.97 Å². The highest BCUT2D eigenvalue weighted by Crippen LogP contribution is 2.09. The Hall–Kier alpha value is -3.90. The van der Waals surface area contributed by atoms with E-state index in [0.29, 0.717) is 5.75 Å². The number of hydrogen-bond acceptors (Lipinski definition) is 7. The van der Waals surface area contributed by atoms with E-state index in [0.717, 1.165) is 11.1 Å². The van der Waals surface area contributed by atoms with Crippen LogP contribution in [0.15, 0.2) is 60.7 Å². The predicted octanol–water partition coefficient (Wildman–Crippen LogP) is 0.357. The quantitative estimate of drug-likeness (QED) is 0.157. The molecule has 0 aliphatic rings. The van der Waals surface area contributed by atoms with E-state index >= 15 is 0 Å². The summed E-state index contributed by atoms with van der Waals surface area (Å²) in [6, 6.07) is 13.4. The van der Waals surface area contributed by atoms with E-state index in [1.54, 1.807) is 54.6 Å². The molecule has 0 fully saturated rings. The van der Waals surface area contributed by atoms with Gasteiger partial charge in [0.15, 0.2) is 0 Å². The van der Waals surface area contributed by atoms with E-state index in [9.17, 15) is 29.1 Å². The number of amides is 4. The van der Waals surface area contributed by atoms with E-state index in [1.807, 2.05) is 12.3 Å². The molecule has 0 saturated heterocycles. The van der Waals surface area contributed by atoms with Crippen molar-refractivity contribution in [3.05, 3.63) is 71.8 Å². The normalized spacial score (nSPS) is 13.8. The third-order valence-corrected chi connectivity index (χ3v) is 6.74. The van der Waals surface area contributed by atoms with E-state index in [-0.39, 0.29) is 32.1 Å². The molecule has 4 amide bonds. The first-order valence-corrected chi connectivity index (χ1v) is 14.2. The zero-order valence-corrected chi connectivity index (χ0v) is 23.2. The highest BCUT2D eigenvalue weighted by Gasteiger charge is 2.30. The van der Waals surface area contributed by atoms with Crippen LogP contribution >= 0.6 is 11.8 Å². The van der Waals surface area contributed by atoms with E-state index in [2.05, 4.69) is 16.0 Å². The fourth-order valence-electron chi connectivity index (χ4n) is 3.87. The average molecular weight is 572 g/mol. The molecule has 0 heterocycles. The molecule has 0 bridgehead atoms. The van der Waals surface area contributed by atoms with Crippen molar-refractivity contribution in [1.82, 2.24) is 16.0 Å². The van der Waals surface area contributed by atoms with Crippen LogP contribution in [0, 0.1) is 0 Å². The van der Waals surface area contributed by atoms with Crippen molar-refractivity contribution in [3.63, 3.8) is 0 Å². The summed E-state index contributed by atoms with van der Waals surface area (Å²) in [4.78, 5) is 62.3. The zero-order valence-electron chi connectivity index (χ0n) is 22.4. The highest BCUT2D eigenvalue weighted by molar-refractivity contribution is 7.98. The van der Waals surface area contributed by atoms with Crippen molar-refractivity contribution < 1.29 is 29.1 Å². The molecule has 2 aromatic carbocycles. The molecule has 8 N–H and O–H groups in total. The average Bonchev–Trinajstić information content (AvgIpc) is 2.93. The summed E-state index contributed by atoms with van der Waals surface area (Å²) >= 11 is 1.47. The summed E-state index contributed by atoms with van der Waals surface area (Å²) in [6.45, 7) is 0. The summed E-state index contributed by atoms with van der Waals surface area (Å²) in [5.41, 5.74) is 12.5. The topological polar surface area (TPSA) is 194 Å². The van der Waals surface area contributed by atoms with Crippen molar-refractivity contribution >= 4 is 41.4 Å². The molecular formula is C28H37N5O6S. The van der Waals surface area contributed by atoms with Crippen molar-refractivity contribution in [1.29, 1.82) is 0 Å². The SMILES string of the molecule is CSCCC(NC(=O)C(N)CCC(N)=O)C(=O)NC(Cc1ccccc1)C(=O)NC(Cc1ccccc1)C(=O)O. The summed E-state index contributed by atoms with van der Waals surface area (Å²) < 4.78 is 0. The van der Waals surface area contributed by atoms with Crippen molar-refractivity contribution in [2.75, 3.05) is 12.0 Å². The maximum absolute atomic E-state index is 13.4. The molecule has 0 aliphatic heterocycles. The molecular weight excluding hydrogens is 534 g/mol. The molecule has 4 unspecified atom stereocenters. The number of thioether (sulfide) groups is 1. The first-order valence-electron chi connectivity index (χ1n) is 12.8. The standard InChI is InChI=1S/C28H37N5O6S/c1-40-15-14-21(31-25(35)20(29)12-13-24(30)34)26(36)32-22(16-18-8-4-2-5-9-18)27(37)33-23(28(38)39)17-19-10-6-3-7-11-19/h2-11,20-23H,12-17,29H2,1H3,(H2,30,34)(H,31,35)(H,32,36)(H,33,37)(H,38,39). The van der Waals surface area contributed by atoms with Gasteiger partial charge in [0.25, 0.3) is 0 Å². The number of rotatable bonds is 17. The molecule has 12 heteroatoms. The number of benzene rings is 2. The molecule has 2 aromatic rings. The van der Waals surface area contributed by atoms with Crippen molar-refractivity contribution in [2.45, 2.75) is 56.3 Å². The van der Waals surface area contributed by atoms with Gasteiger partial charge in [0.2, 0.25) is 23.6 Å². The number of nitrogens with one attached hydrogen (secondary N) is 3. The van der Waals surface area contributed by atoms with Gasteiger partial charge in [-0.1, -0.05) is 60.7 Å². The Balaban J connectivity index is 2.21. The van der Waals surface area contributed by atoms with Crippen LogP contribution in [-0.4, -0.2) is 70.9 Å². The lowest BCUT2D eigenvalue weighted by atomic mass is 10.0. The Bertz CT molecular complexity index is 1130. The Kier molecular flexibility index (Phi) is 13.7. The van der Waals surface area contributed by atoms with Crippen LogP contribution in [0.25, 0.3) is 0 Å². The van der Waals surface area contributed by atoms with Crippen LogP contribution in [0.2, 0.25) is 0 Å². The van der Waals surface area contributed by atoms with Gasteiger partial charge in [-0.3, -0.25) is 19.2 Å². The predicted molar refractivity (Wildman–Crippen MR) is 153 cm³/mol. The van der Waals surface area contributed by atoms with Gasteiger partial charge in [-0.2, -0.15) is 11.8 Å². The number of primary amides is 1. The fraction of sp³-hybridized carbons (Fsp3) is 0.393. The third-order valence-electron chi connectivity index (χ3n) is 6.10. The zero-order chi connectivity index (χ0) is 29.5. The Morgan fingerprint density at radius 1 is 0.750 bits per heavy atom. The summed E-state index contributed by atoms with van der Waals surface area (Å²) in [5, 5.41) is 17.6. The summed E-state index contributed by atoms with van der Waals surface area (Å²) in [7, 11) is 0. The molecule has 40 heavy (non-hydrogen) atoms. The maximum atomic E-state index is 13.4. The summed E-state index contributed by atoms with van der Waals surface area (Å²) in [6.07, 6.45) is 2.20. The maximum Gasteiger partial charge on any atom is 0.326 e. The number of hydrogen-bond donors (Lipinski definition) is 6. The second-order valence-corrected chi connectivity index (χ2v) is 10.3. The largest absolute Gasteiger partial charge is 0.480 e. The van der Waals surface area contributed by atoms with Crippen molar-refractivity contribution in [3.8, 4) is 0 Å². The van der Waals surface area contributed by atoms with Gasteiger partial charge in [0.05, 0.1) is 6.04 Å². The number of carboxylic acid groups (broad SMARTS) is 1. The first-order chi connectivity index (χ1) is 19.1. The molecule has 4 atom stereocenters. The van der Waals surface area contributed by atoms with Crippen molar-refractivity contribution in [2.24, 2.45) is 11.5 Å². The molecule has 0 aliphatic carbocycles. The molecule has 2 rings (SSSR count). The van der Waals surface area contributed by atoms with Gasteiger partial charge in [0.1, 0.15) is 18.1 Å². The smallest absolute Gasteiger partial charge is 0.326 e. The van der Waals surface area contributed by atoms with Gasteiger partial charge in [-0.15, -0.1) is 0 Å². The van der Waals surface area contributed by atoms with E-state index < -0.39 is 53.8 Å². The Morgan fingerprint density at radius 2 is 1.23 bits per heavy atom. The third kappa shape index (κ3) is 11.5. The van der Waals surface area contributed by atoms with E-state index in [1.165, 1.54) is 11.8 Å². The minimum Gasteiger partial charge on any atom is -0.480 e. The monoisotopic (exact) mass is 571 g/mol. The van der Waals surface area contributed by atoms with Crippen LogP contribution < -0.4 is 27.4 Å². The highest BCUT2D eigenvalue weighted by atomic mass is 32.2. The van der Waals surface area contributed by atoms with Crippen LogP contribution in [0.3, 0.4) is 0 Å². The molecule has 0 spiro atoms. The number of carbonyl (C=O) groups is 5.